The van der Waals surface area contributed by atoms with E-state index >= 15 is 0 Å². The van der Waals surface area contributed by atoms with Gasteiger partial charge in [0.1, 0.15) is 0 Å². The van der Waals surface area contributed by atoms with Gasteiger partial charge in [-0.05, 0) is 22.9 Å². The van der Waals surface area contributed by atoms with Crippen molar-refractivity contribution in [2.24, 2.45) is 0 Å². The van der Waals surface area contributed by atoms with Gasteiger partial charge in [-0.2, -0.15) is 0 Å². The van der Waals surface area contributed by atoms with Gasteiger partial charge in [0.2, 0.25) is 0 Å². The molecule has 3 N–H and O–H groups in total. The number of hydrogen-bond donors (Lipinski definition) is 3. The average molecular weight is 240 g/mol. The summed E-state index contributed by atoms with van der Waals surface area (Å²) in [5.74, 6) is -0.164. The molecule has 0 amide bonds. The molecule has 17 heavy (non-hydrogen) atoms. The van der Waals surface area contributed by atoms with Crippen molar-refractivity contribution in [1.82, 2.24) is 10.3 Å². The number of nitrogens with one attached hydrogen (secondary N) is 2. The van der Waals surface area contributed by atoms with Crippen molar-refractivity contribution in [2.75, 3.05) is 25.0 Å². The number of rotatable bonds is 7. The molecule has 0 aliphatic carbocycles. The van der Waals surface area contributed by atoms with Crippen LogP contribution in [0.15, 0.2) is 18.3 Å². The third-order valence-electron chi connectivity index (χ3n) is 2.01. The Morgan fingerprint density at radius 2 is 2.29 bits per heavy atom. The van der Waals surface area contributed by atoms with Crippen LogP contribution in [0, 0.1) is 10.1 Å². The first-order valence-electron chi connectivity index (χ1n) is 5.32. The lowest BCUT2D eigenvalue weighted by Crippen LogP contribution is -2.28. The monoisotopic (exact) mass is 240 g/mol. The predicted octanol–water partition coefficient (Wildman–Crippen LogP) is 0.372. The molecular formula is C10H16N4O3. The lowest BCUT2D eigenvalue weighted by Gasteiger charge is -2.07. The van der Waals surface area contributed by atoms with Crippen molar-refractivity contribution in [1.29, 1.82) is 0 Å². The molecule has 0 fully saturated rings. The minimum absolute atomic E-state index is 0.164. The van der Waals surface area contributed by atoms with Crippen molar-refractivity contribution in [3.63, 3.8) is 0 Å². The number of nitro groups is 1. The summed E-state index contributed by atoms with van der Waals surface area (Å²) >= 11 is 0. The highest BCUT2D eigenvalue weighted by Crippen LogP contribution is 2.10. The van der Waals surface area contributed by atoms with Gasteiger partial charge in [-0.15, -0.1) is 0 Å². The van der Waals surface area contributed by atoms with Crippen molar-refractivity contribution in [3.8, 4) is 0 Å². The highest BCUT2D eigenvalue weighted by Gasteiger charge is 2.05. The fourth-order valence-corrected chi connectivity index (χ4v) is 1.20. The zero-order valence-electron chi connectivity index (χ0n) is 9.59. The first kappa shape index (κ1) is 13.3. The van der Waals surface area contributed by atoms with Crippen LogP contribution in [0.1, 0.15) is 6.92 Å². The molecule has 0 saturated heterocycles. The maximum Gasteiger partial charge on any atom is 0.363 e. The summed E-state index contributed by atoms with van der Waals surface area (Å²) in [6, 6.07) is 2.96. The molecule has 0 aliphatic heterocycles. The Balaban J connectivity index is 2.25. The standard InChI is InChI=1S/C10H16N4O3/c1-8(15)6-11-4-5-12-9-2-3-10(13-7-9)14(16)17/h2-3,7-8,11-12,15H,4-6H2,1H3. The van der Waals surface area contributed by atoms with E-state index in [4.69, 9.17) is 5.11 Å². The van der Waals surface area contributed by atoms with E-state index in [2.05, 4.69) is 15.6 Å². The van der Waals surface area contributed by atoms with Crippen molar-refractivity contribution < 1.29 is 10.0 Å². The van der Waals surface area contributed by atoms with Crippen LogP contribution in [-0.4, -0.2) is 40.8 Å². The second kappa shape index (κ2) is 6.77. The van der Waals surface area contributed by atoms with Crippen molar-refractivity contribution in [3.05, 3.63) is 28.4 Å². The van der Waals surface area contributed by atoms with E-state index in [0.29, 0.717) is 19.6 Å². The molecule has 1 rings (SSSR count). The number of pyridine rings is 1. The summed E-state index contributed by atoms with van der Waals surface area (Å²) < 4.78 is 0. The second-order valence-corrected chi connectivity index (χ2v) is 3.64. The zero-order valence-corrected chi connectivity index (χ0v) is 9.59. The third-order valence-corrected chi connectivity index (χ3v) is 2.01. The van der Waals surface area contributed by atoms with E-state index in [1.807, 2.05) is 0 Å². The first-order chi connectivity index (χ1) is 8.09. The topological polar surface area (TPSA) is 100 Å². The molecule has 7 heteroatoms. The lowest BCUT2D eigenvalue weighted by molar-refractivity contribution is -0.389. The Bertz CT molecular complexity index is 353. The molecule has 1 atom stereocenters. The van der Waals surface area contributed by atoms with E-state index in [9.17, 15) is 10.1 Å². The summed E-state index contributed by atoms with van der Waals surface area (Å²) in [7, 11) is 0. The van der Waals surface area contributed by atoms with Crippen LogP contribution in [0.3, 0.4) is 0 Å². The highest BCUT2D eigenvalue weighted by atomic mass is 16.6. The van der Waals surface area contributed by atoms with Gasteiger partial charge in [0, 0.05) is 25.7 Å². The largest absolute Gasteiger partial charge is 0.392 e. The summed E-state index contributed by atoms with van der Waals surface area (Å²) in [4.78, 5) is 13.5. The smallest absolute Gasteiger partial charge is 0.363 e. The van der Waals surface area contributed by atoms with Crippen LogP contribution in [-0.2, 0) is 0 Å². The Kier molecular flexibility index (Phi) is 5.31. The molecule has 0 aromatic carbocycles. The first-order valence-corrected chi connectivity index (χ1v) is 5.32. The third kappa shape index (κ3) is 5.23. The molecule has 7 nitrogen and oxygen atoms in total. The van der Waals surface area contributed by atoms with E-state index in [-0.39, 0.29) is 11.9 Å². The number of nitrogens with zero attached hydrogens (tertiary/aromatic N) is 2. The summed E-state index contributed by atoms with van der Waals surface area (Å²) in [5, 5.41) is 25.5. The maximum absolute atomic E-state index is 10.4. The second-order valence-electron chi connectivity index (χ2n) is 3.64. The molecule has 94 valence electrons. The number of aliphatic hydroxyl groups is 1. The molecule has 1 heterocycles. The van der Waals surface area contributed by atoms with Crippen LogP contribution in [0.4, 0.5) is 11.5 Å². The normalized spacial score (nSPS) is 12.1. The maximum atomic E-state index is 10.4. The molecule has 0 aliphatic rings. The minimum atomic E-state index is -0.534. The SMILES string of the molecule is CC(O)CNCCNc1ccc([N+](=O)[O-])nc1. The molecule has 0 bridgehead atoms. The minimum Gasteiger partial charge on any atom is -0.392 e. The van der Waals surface area contributed by atoms with Gasteiger partial charge in [-0.1, -0.05) is 0 Å². The Hall–Kier alpha value is -1.73. The van der Waals surface area contributed by atoms with Gasteiger partial charge >= 0.3 is 5.82 Å². The van der Waals surface area contributed by atoms with Crippen LogP contribution in [0.25, 0.3) is 0 Å². The van der Waals surface area contributed by atoms with Gasteiger partial charge in [-0.25, -0.2) is 0 Å². The zero-order chi connectivity index (χ0) is 12.7. The number of aliphatic hydroxyl groups excluding tert-OH is 1. The van der Waals surface area contributed by atoms with Gasteiger partial charge in [-0.3, -0.25) is 0 Å². The van der Waals surface area contributed by atoms with E-state index in [0.717, 1.165) is 5.69 Å². The van der Waals surface area contributed by atoms with E-state index in [1.54, 1.807) is 13.0 Å². The summed E-state index contributed by atoms with van der Waals surface area (Å²) in [6.45, 7) is 3.61. The Morgan fingerprint density at radius 1 is 1.53 bits per heavy atom. The van der Waals surface area contributed by atoms with Crippen LogP contribution < -0.4 is 10.6 Å². The van der Waals surface area contributed by atoms with Gasteiger partial charge in [0.05, 0.1) is 11.8 Å². The number of hydrogen-bond acceptors (Lipinski definition) is 6. The van der Waals surface area contributed by atoms with Crippen LogP contribution in [0.5, 0.6) is 0 Å². The molecular weight excluding hydrogens is 224 g/mol. The Labute approximate surface area is 99.0 Å². The quantitative estimate of drug-likeness (QED) is 0.362. The van der Waals surface area contributed by atoms with E-state index < -0.39 is 4.92 Å². The molecule has 1 unspecified atom stereocenters. The molecule has 1 aromatic rings. The van der Waals surface area contributed by atoms with Crippen LogP contribution in [0.2, 0.25) is 0 Å². The van der Waals surface area contributed by atoms with Gasteiger partial charge < -0.3 is 25.9 Å². The summed E-state index contributed by atoms with van der Waals surface area (Å²) in [5.41, 5.74) is 0.731. The predicted molar refractivity (Wildman–Crippen MR) is 63.9 cm³/mol. The number of anilines is 1. The molecule has 0 radical (unpaired) electrons. The van der Waals surface area contributed by atoms with Crippen molar-refractivity contribution >= 4 is 11.5 Å². The summed E-state index contributed by atoms with van der Waals surface area (Å²) in [6.07, 6.45) is 1.06. The molecule has 0 spiro atoms. The lowest BCUT2D eigenvalue weighted by atomic mass is 10.4. The highest BCUT2D eigenvalue weighted by molar-refractivity contribution is 5.43. The fraction of sp³-hybridized carbons (Fsp3) is 0.500. The van der Waals surface area contributed by atoms with Gasteiger partial charge in [0.15, 0.2) is 6.20 Å². The van der Waals surface area contributed by atoms with E-state index in [1.165, 1.54) is 12.3 Å². The fourth-order valence-electron chi connectivity index (χ4n) is 1.20. The molecule has 0 saturated carbocycles. The van der Waals surface area contributed by atoms with Crippen LogP contribution >= 0.6 is 0 Å². The Morgan fingerprint density at radius 3 is 2.82 bits per heavy atom. The molecule has 1 aromatic heterocycles. The van der Waals surface area contributed by atoms with Gasteiger partial charge in [0.25, 0.3) is 0 Å². The number of aromatic nitrogens is 1. The van der Waals surface area contributed by atoms with Crippen molar-refractivity contribution in [2.45, 2.75) is 13.0 Å². The average Bonchev–Trinajstić information content (AvgIpc) is 2.29.